The number of benzene rings is 1. The van der Waals surface area contributed by atoms with Crippen molar-refractivity contribution < 1.29 is 18.7 Å². The third-order valence-corrected chi connectivity index (χ3v) is 1.94. The van der Waals surface area contributed by atoms with Gasteiger partial charge in [0.2, 0.25) is 0 Å². The van der Waals surface area contributed by atoms with Gasteiger partial charge in [-0.3, -0.25) is 0 Å². The molecule has 16 heavy (non-hydrogen) atoms. The lowest BCUT2D eigenvalue weighted by atomic mass is 10.2. The van der Waals surface area contributed by atoms with Gasteiger partial charge in [-0.05, 0) is 18.2 Å². The number of hydrogen-bond acceptors (Lipinski definition) is 4. The molecule has 0 aliphatic carbocycles. The highest BCUT2D eigenvalue weighted by Crippen LogP contribution is 2.13. The number of halogens is 1. The molecule has 1 rings (SSSR count). The number of anilines is 1. The van der Waals surface area contributed by atoms with Crippen molar-refractivity contribution >= 4 is 11.7 Å². The van der Waals surface area contributed by atoms with E-state index in [1.807, 2.05) is 0 Å². The average molecular weight is 227 g/mol. The van der Waals surface area contributed by atoms with Crippen LogP contribution < -0.4 is 5.73 Å². The van der Waals surface area contributed by atoms with Crippen molar-refractivity contribution in [3.8, 4) is 0 Å². The van der Waals surface area contributed by atoms with Gasteiger partial charge in [-0.2, -0.15) is 0 Å². The fourth-order valence-electron chi connectivity index (χ4n) is 1.15. The maximum Gasteiger partial charge on any atom is 0.341 e. The summed E-state index contributed by atoms with van der Waals surface area (Å²) in [6, 6.07) is 3.78. The molecule has 1 aromatic carbocycles. The van der Waals surface area contributed by atoms with Gasteiger partial charge >= 0.3 is 5.97 Å². The summed E-state index contributed by atoms with van der Waals surface area (Å²) in [4.78, 5) is 11.4. The number of nitrogens with two attached hydrogens (primary N) is 1. The molecular weight excluding hydrogens is 213 g/mol. The third kappa shape index (κ3) is 3.51. The molecule has 2 N–H and O–H groups in total. The minimum atomic E-state index is -0.707. The SMILES string of the molecule is COCCCOC(=O)c1cc(N)ccc1F. The highest BCUT2D eigenvalue weighted by atomic mass is 19.1. The van der Waals surface area contributed by atoms with E-state index < -0.39 is 11.8 Å². The third-order valence-electron chi connectivity index (χ3n) is 1.94. The van der Waals surface area contributed by atoms with Crippen LogP contribution in [0, 0.1) is 5.82 Å². The van der Waals surface area contributed by atoms with Crippen molar-refractivity contribution in [2.24, 2.45) is 0 Å². The van der Waals surface area contributed by atoms with Crippen LogP contribution in [0.5, 0.6) is 0 Å². The van der Waals surface area contributed by atoms with E-state index in [2.05, 4.69) is 0 Å². The summed E-state index contributed by atoms with van der Waals surface area (Å²) in [6.07, 6.45) is 0.576. The predicted molar refractivity (Wildman–Crippen MR) is 57.6 cm³/mol. The molecule has 0 heterocycles. The molecule has 0 bridgehead atoms. The van der Waals surface area contributed by atoms with Crippen LogP contribution in [-0.2, 0) is 9.47 Å². The van der Waals surface area contributed by atoms with Crippen LogP contribution in [-0.4, -0.2) is 26.3 Å². The van der Waals surface area contributed by atoms with Crippen LogP contribution in [0.2, 0.25) is 0 Å². The van der Waals surface area contributed by atoms with Gasteiger partial charge in [0.1, 0.15) is 5.82 Å². The van der Waals surface area contributed by atoms with Gasteiger partial charge in [0.15, 0.2) is 0 Å². The smallest absolute Gasteiger partial charge is 0.341 e. The lowest BCUT2D eigenvalue weighted by Gasteiger charge is -2.05. The van der Waals surface area contributed by atoms with Crippen LogP contribution in [0.4, 0.5) is 10.1 Å². The summed E-state index contributed by atoms with van der Waals surface area (Å²) in [5, 5.41) is 0. The number of carbonyl (C=O) groups is 1. The maximum atomic E-state index is 13.2. The van der Waals surface area contributed by atoms with Crippen molar-refractivity contribution in [3.63, 3.8) is 0 Å². The van der Waals surface area contributed by atoms with Gasteiger partial charge < -0.3 is 15.2 Å². The topological polar surface area (TPSA) is 61.5 Å². The first-order valence-electron chi connectivity index (χ1n) is 4.86. The first-order valence-corrected chi connectivity index (χ1v) is 4.86. The Labute approximate surface area is 93.2 Å². The summed E-state index contributed by atoms with van der Waals surface area (Å²) >= 11 is 0. The van der Waals surface area contributed by atoms with Gasteiger partial charge in [0.25, 0.3) is 0 Å². The monoisotopic (exact) mass is 227 g/mol. The Hall–Kier alpha value is -1.62. The zero-order valence-corrected chi connectivity index (χ0v) is 9.03. The Bertz CT molecular complexity index is 368. The van der Waals surface area contributed by atoms with Crippen LogP contribution in [0.15, 0.2) is 18.2 Å². The van der Waals surface area contributed by atoms with E-state index in [1.165, 1.54) is 12.1 Å². The van der Waals surface area contributed by atoms with Crippen molar-refractivity contribution in [3.05, 3.63) is 29.6 Å². The highest BCUT2D eigenvalue weighted by molar-refractivity contribution is 5.90. The van der Waals surface area contributed by atoms with Gasteiger partial charge in [0, 0.05) is 25.8 Å². The summed E-state index contributed by atoms with van der Waals surface area (Å²) in [5.41, 5.74) is 5.63. The summed E-state index contributed by atoms with van der Waals surface area (Å²) in [5.74, 6) is -1.34. The summed E-state index contributed by atoms with van der Waals surface area (Å²) in [7, 11) is 1.55. The van der Waals surface area contributed by atoms with Crippen molar-refractivity contribution in [2.75, 3.05) is 26.1 Å². The van der Waals surface area contributed by atoms with E-state index in [1.54, 1.807) is 7.11 Å². The standard InChI is InChI=1S/C11H14FNO3/c1-15-5-2-6-16-11(14)9-7-8(13)3-4-10(9)12/h3-4,7H,2,5-6,13H2,1H3. The minimum Gasteiger partial charge on any atom is -0.462 e. The number of ether oxygens (including phenoxy) is 2. The zero-order chi connectivity index (χ0) is 12.0. The van der Waals surface area contributed by atoms with Crippen LogP contribution in [0.1, 0.15) is 16.8 Å². The second-order valence-corrected chi connectivity index (χ2v) is 3.22. The van der Waals surface area contributed by atoms with E-state index in [0.717, 1.165) is 6.07 Å². The Kier molecular flexibility index (Phi) is 4.72. The molecular formula is C11H14FNO3. The molecule has 0 aliphatic heterocycles. The van der Waals surface area contributed by atoms with E-state index >= 15 is 0 Å². The van der Waals surface area contributed by atoms with Crippen molar-refractivity contribution in [1.82, 2.24) is 0 Å². The lowest BCUT2D eigenvalue weighted by molar-refractivity contribution is 0.0463. The molecule has 0 fully saturated rings. The molecule has 88 valence electrons. The van der Waals surface area contributed by atoms with E-state index in [-0.39, 0.29) is 12.2 Å². The Morgan fingerprint density at radius 2 is 2.19 bits per heavy atom. The van der Waals surface area contributed by atoms with Crippen LogP contribution in [0.3, 0.4) is 0 Å². The summed E-state index contributed by atoms with van der Waals surface area (Å²) in [6.45, 7) is 0.688. The molecule has 0 saturated heterocycles. The number of esters is 1. The number of rotatable bonds is 5. The molecule has 5 heteroatoms. The van der Waals surface area contributed by atoms with Crippen molar-refractivity contribution in [2.45, 2.75) is 6.42 Å². The fourth-order valence-corrected chi connectivity index (χ4v) is 1.15. The van der Waals surface area contributed by atoms with Gasteiger partial charge in [-0.25, -0.2) is 9.18 Å². The number of carbonyl (C=O) groups excluding carboxylic acids is 1. The summed E-state index contributed by atoms with van der Waals surface area (Å²) < 4.78 is 22.9. The fraction of sp³-hybridized carbons (Fsp3) is 0.364. The van der Waals surface area contributed by atoms with E-state index in [0.29, 0.717) is 18.7 Å². The Balaban J connectivity index is 2.55. The molecule has 4 nitrogen and oxygen atoms in total. The highest BCUT2D eigenvalue weighted by Gasteiger charge is 2.13. The molecule has 0 radical (unpaired) electrons. The first kappa shape index (κ1) is 12.4. The van der Waals surface area contributed by atoms with Gasteiger partial charge in [-0.1, -0.05) is 0 Å². The average Bonchev–Trinajstić information content (AvgIpc) is 2.27. The largest absolute Gasteiger partial charge is 0.462 e. The second kappa shape index (κ2) is 6.07. The maximum absolute atomic E-state index is 13.2. The number of hydrogen-bond donors (Lipinski definition) is 1. The van der Waals surface area contributed by atoms with Crippen LogP contribution in [0.25, 0.3) is 0 Å². The minimum absolute atomic E-state index is 0.141. The normalized spacial score (nSPS) is 10.1. The van der Waals surface area contributed by atoms with E-state index in [9.17, 15) is 9.18 Å². The van der Waals surface area contributed by atoms with Crippen LogP contribution >= 0.6 is 0 Å². The first-order chi connectivity index (χ1) is 7.65. The number of nitrogen functional groups attached to an aromatic ring is 1. The predicted octanol–water partition coefficient (Wildman–Crippen LogP) is 1.60. The quantitative estimate of drug-likeness (QED) is 0.471. The molecule has 0 amide bonds. The molecule has 0 aromatic heterocycles. The van der Waals surface area contributed by atoms with Gasteiger partial charge in [-0.15, -0.1) is 0 Å². The molecule has 0 unspecified atom stereocenters. The molecule has 0 aliphatic rings. The number of methoxy groups -OCH3 is 1. The Morgan fingerprint density at radius 1 is 1.44 bits per heavy atom. The second-order valence-electron chi connectivity index (χ2n) is 3.22. The lowest BCUT2D eigenvalue weighted by Crippen LogP contribution is -2.10. The molecule has 0 spiro atoms. The molecule has 0 atom stereocenters. The van der Waals surface area contributed by atoms with Gasteiger partial charge in [0.05, 0.1) is 12.2 Å². The molecule has 1 aromatic rings. The zero-order valence-electron chi connectivity index (χ0n) is 9.03. The Morgan fingerprint density at radius 3 is 2.88 bits per heavy atom. The van der Waals surface area contributed by atoms with Crippen molar-refractivity contribution in [1.29, 1.82) is 0 Å². The van der Waals surface area contributed by atoms with E-state index in [4.69, 9.17) is 15.2 Å². The molecule has 0 saturated carbocycles.